The number of nitriles is 1. The number of nitrogens with one attached hydrogen (secondary N) is 1. The van der Waals surface area contributed by atoms with E-state index in [1.54, 1.807) is 6.08 Å². The van der Waals surface area contributed by atoms with Crippen LogP contribution in [0.5, 0.6) is 0 Å². The smallest absolute Gasteiger partial charge is 0.266 e. The van der Waals surface area contributed by atoms with Gasteiger partial charge < -0.3 is 9.88 Å². The van der Waals surface area contributed by atoms with Crippen molar-refractivity contribution >= 4 is 17.7 Å². The molecule has 0 unspecified atom stereocenters. The molecule has 0 aliphatic heterocycles. The highest BCUT2D eigenvalue weighted by Crippen LogP contribution is 2.30. The molecule has 1 aromatic heterocycles. The number of hydrogen-bond donors (Lipinski definition) is 1. The molecule has 128 valence electrons. The normalized spacial score (nSPS) is 15.1. The summed E-state index contributed by atoms with van der Waals surface area (Å²) in [7, 11) is 0. The molecule has 4 heteroatoms. The molecule has 0 radical (unpaired) electrons. The summed E-state index contributed by atoms with van der Waals surface area (Å²) in [6, 6.07) is 12.2. The van der Waals surface area contributed by atoms with Crippen LogP contribution in [0.1, 0.15) is 49.8 Å². The molecule has 4 nitrogen and oxygen atoms in total. The van der Waals surface area contributed by atoms with E-state index < -0.39 is 0 Å². The third-order valence-electron chi connectivity index (χ3n) is 4.78. The number of carbonyl (C=O) groups is 1. The monoisotopic (exact) mass is 333 g/mol. The van der Waals surface area contributed by atoms with Crippen molar-refractivity contribution in [3.05, 3.63) is 59.4 Å². The lowest BCUT2D eigenvalue weighted by Gasteiger charge is -2.10. The number of amides is 1. The van der Waals surface area contributed by atoms with E-state index in [4.69, 9.17) is 0 Å². The molecule has 1 amide bonds. The van der Waals surface area contributed by atoms with Gasteiger partial charge in [-0.2, -0.15) is 5.26 Å². The molecule has 1 saturated carbocycles. The van der Waals surface area contributed by atoms with Gasteiger partial charge in [0.2, 0.25) is 0 Å². The predicted octanol–water partition coefficient (Wildman–Crippen LogP) is 4.71. The molecule has 25 heavy (non-hydrogen) atoms. The minimum atomic E-state index is -0.375. The molecule has 0 saturated heterocycles. The maximum atomic E-state index is 12.4. The van der Waals surface area contributed by atoms with Gasteiger partial charge in [-0.1, -0.05) is 31.9 Å². The first-order valence-electron chi connectivity index (χ1n) is 8.89. The van der Waals surface area contributed by atoms with Crippen molar-refractivity contribution in [2.75, 3.05) is 5.32 Å². The Labute approximate surface area is 148 Å². The summed E-state index contributed by atoms with van der Waals surface area (Å²) < 4.78 is 2.20. The quantitative estimate of drug-likeness (QED) is 0.636. The second-order valence-corrected chi connectivity index (χ2v) is 6.50. The Hall–Kier alpha value is -2.80. The Kier molecular flexibility index (Phi) is 5.35. The lowest BCUT2D eigenvalue weighted by molar-refractivity contribution is -0.112. The van der Waals surface area contributed by atoms with E-state index in [0.717, 1.165) is 12.0 Å². The van der Waals surface area contributed by atoms with E-state index in [0.29, 0.717) is 11.7 Å². The Morgan fingerprint density at radius 3 is 2.64 bits per heavy atom. The number of benzene rings is 1. The zero-order chi connectivity index (χ0) is 17.6. The fraction of sp³-hybridized carbons (Fsp3) is 0.333. The zero-order valence-electron chi connectivity index (χ0n) is 14.5. The third-order valence-corrected chi connectivity index (χ3v) is 4.78. The molecule has 3 rings (SSSR count). The molecule has 1 N–H and O–H groups in total. The predicted molar refractivity (Wildman–Crippen MR) is 100.0 cm³/mol. The molecule has 0 bridgehead atoms. The molecule has 2 aromatic rings. The fourth-order valence-electron chi connectivity index (χ4n) is 3.28. The lowest BCUT2D eigenvalue weighted by Crippen LogP contribution is -2.13. The van der Waals surface area contributed by atoms with Crippen LogP contribution in [-0.2, 0) is 11.2 Å². The number of carbonyl (C=O) groups excluding carboxylic acids is 1. The van der Waals surface area contributed by atoms with Gasteiger partial charge in [0.15, 0.2) is 0 Å². The Bertz CT molecular complexity index is 802. The van der Waals surface area contributed by atoms with Gasteiger partial charge in [-0.15, -0.1) is 0 Å². The second-order valence-electron chi connectivity index (χ2n) is 6.50. The summed E-state index contributed by atoms with van der Waals surface area (Å²) in [5, 5.41) is 12.1. The molecule has 1 fully saturated rings. The summed E-state index contributed by atoms with van der Waals surface area (Å²) in [6.45, 7) is 2.09. The number of aromatic nitrogens is 1. The van der Waals surface area contributed by atoms with E-state index in [1.165, 1.54) is 31.2 Å². The van der Waals surface area contributed by atoms with Gasteiger partial charge in [-0.3, -0.25) is 4.79 Å². The number of hydrogen-bond acceptors (Lipinski definition) is 2. The number of nitrogens with zero attached hydrogens (tertiary/aromatic N) is 2. The first-order chi connectivity index (χ1) is 12.2. The SMILES string of the molecule is CCc1ccc(NC(=O)/C(C#N)=C/c2ccn(C3CCCC3)c2)cc1. The fourth-order valence-corrected chi connectivity index (χ4v) is 3.28. The highest BCUT2D eigenvalue weighted by atomic mass is 16.1. The van der Waals surface area contributed by atoms with Gasteiger partial charge >= 0.3 is 0 Å². The van der Waals surface area contributed by atoms with Crippen LogP contribution < -0.4 is 5.32 Å². The third kappa shape index (κ3) is 4.19. The first-order valence-corrected chi connectivity index (χ1v) is 8.89. The molecule has 0 atom stereocenters. The van der Waals surface area contributed by atoms with E-state index in [1.807, 2.05) is 48.8 Å². The summed E-state index contributed by atoms with van der Waals surface area (Å²) in [4.78, 5) is 12.4. The Morgan fingerprint density at radius 1 is 1.28 bits per heavy atom. The average Bonchev–Trinajstić information content (AvgIpc) is 3.31. The van der Waals surface area contributed by atoms with Gasteiger partial charge in [-0.05, 0) is 54.7 Å². The highest BCUT2D eigenvalue weighted by Gasteiger charge is 2.16. The molecular formula is C21H23N3O. The van der Waals surface area contributed by atoms with Gasteiger partial charge in [0.05, 0.1) is 0 Å². The van der Waals surface area contributed by atoms with Crippen molar-refractivity contribution in [3.8, 4) is 6.07 Å². The second kappa shape index (κ2) is 7.85. The van der Waals surface area contributed by atoms with Gasteiger partial charge in [-0.25, -0.2) is 0 Å². The average molecular weight is 333 g/mol. The van der Waals surface area contributed by atoms with Crippen LogP contribution in [0.15, 0.2) is 48.3 Å². The zero-order valence-corrected chi connectivity index (χ0v) is 14.5. The van der Waals surface area contributed by atoms with Crippen molar-refractivity contribution < 1.29 is 4.79 Å². The Balaban J connectivity index is 1.71. The standard InChI is InChI=1S/C21H23N3O/c1-2-16-7-9-19(10-8-16)23-21(25)18(14-22)13-17-11-12-24(15-17)20-5-3-4-6-20/h7-13,15,20H,2-6H2,1H3,(H,23,25)/b18-13+. The summed E-state index contributed by atoms with van der Waals surface area (Å²) in [5.74, 6) is -0.375. The minimum Gasteiger partial charge on any atom is -0.351 e. The van der Waals surface area contributed by atoms with Gasteiger partial charge in [0.25, 0.3) is 5.91 Å². The van der Waals surface area contributed by atoms with E-state index in [2.05, 4.69) is 16.8 Å². The van der Waals surface area contributed by atoms with E-state index in [-0.39, 0.29) is 11.5 Å². The van der Waals surface area contributed by atoms with Crippen LogP contribution in [0, 0.1) is 11.3 Å². The Morgan fingerprint density at radius 2 is 2.00 bits per heavy atom. The largest absolute Gasteiger partial charge is 0.351 e. The van der Waals surface area contributed by atoms with E-state index >= 15 is 0 Å². The molecule has 0 spiro atoms. The van der Waals surface area contributed by atoms with Crippen molar-refractivity contribution in [2.24, 2.45) is 0 Å². The number of aryl methyl sites for hydroxylation is 1. The van der Waals surface area contributed by atoms with Crippen molar-refractivity contribution in [1.29, 1.82) is 5.26 Å². The highest BCUT2D eigenvalue weighted by molar-refractivity contribution is 6.09. The maximum absolute atomic E-state index is 12.4. The van der Waals surface area contributed by atoms with Crippen LogP contribution in [0.4, 0.5) is 5.69 Å². The topological polar surface area (TPSA) is 57.8 Å². The first kappa shape index (κ1) is 17.0. The number of anilines is 1. The molecule has 1 heterocycles. The van der Waals surface area contributed by atoms with Gasteiger partial charge in [0.1, 0.15) is 11.6 Å². The summed E-state index contributed by atoms with van der Waals surface area (Å²) in [6.07, 6.45) is 11.6. The maximum Gasteiger partial charge on any atom is 0.266 e. The summed E-state index contributed by atoms with van der Waals surface area (Å²) in [5.41, 5.74) is 2.91. The minimum absolute atomic E-state index is 0.115. The van der Waals surface area contributed by atoms with E-state index in [9.17, 15) is 10.1 Å². The molecule has 1 aliphatic rings. The van der Waals surface area contributed by atoms with Crippen LogP contribution in [0.3, 0.4) is 0 Å². The van der Waals surface area contributed by atoms with Crippen LogP contribution in [-0.4, -0.2) is 10.5 Å². The van der Waals surface area contributed by atoms with Crippen molar-refractivity contribution in [2.45, 2.75) is 45.1 Å². The van der Waals surface area contributed by atoms with Gasteiger partial charge in [0, 0.05) is 24.1 Å². The number of rotatable bonds is 5. The van der Waals surface area contributed by atoms with Crippen molar-refractivity contribution in [1.82, 2.24) is 4.57 Å². The van der Waals surface area contributed by atoms with Crippen molar-refractivity contribution in [3.63, 3.8) is 0 Å². The lowest BCUT2D eigenvalue weighted by atomic mass is 10.1. The molecule has 1 aromatic carbocycles. The molecule has 1 aliphatic carbocycles. The summed E-state index contributed by atoms with van der Waals surface area (Å²) >= 11 is 0. The molecular weight excluding hydrogens is 310 g/mol. The van der Waals surface area contributed by atoms with Crippen LogP contribution >= 0.6 is 0 Å². The van der Waals surface area contributed by atoms with Crippen LogP contribution in [0.25, 0.3) is 6.08 Å². The van der Waals surface area contributed by atoms with Crippen LogP contribution in [0.2, 0.25) is 0 Å².